The molecular formula is C32H54O7. The molecule has 0 atom stereocenters. The van der Waals surface area contributed by atoms with Crippen LogP contribution < -0.4 is 0 Å². The standard InChI is InChI=1S/C18H36.C8H6O7.C6H12/c1-3-5-7-9-11-13-15-17-18-16-14-12-10-8-6-4-2;9-5(10)1-3-7(13)15-8(14)4-2-6(11)12;1-3-5-6-4-2/h3H,1,4-18H2,2H3;1-4H,(H,9,10)(H,11,12);3H,1,4-6H2,2H3/b;3-1-,4-2-;. The second-order valence-electron chi connectivity index (χ2n) is 9.19. The van der Waals surface area contributed by atoms with Crippen LogP contribution in [-0.2, 0) is 23.9 Å². The van der Waals surface area contributed by atoms with Crippen molar-refractivity contribution in [3.05, 3.63) is 49.6 Å². The molecule has 39 heavy (non-hydrogen) atoms. The van der Waals surface area contributed by atoms with Gasteiger partial charge in [0.05, 0.1) is 0 Å². The lowest BCUT2D eigenvalue weighted by Crippen LogP contribution is -2.08. The number of carbonyl (C=O) groups is 4. The van der Waals surface area contributed by atoms with Crippen molar-refractivity contribution in [2.45, 2.75) is 129 Å². The minimum Gasteiger partial charge on any atom is -0.478 e. The third kappa shape index (κ3) is 45.4. The number of allylic oxidation sites excluding steroid dienone is 2. The Kier molecular flexibility index (Phi) is 36.4. The smallest absolute Gasteiger partial charge is 0.338 e. The van der Waals surface area contributed by atoms with Crippen LogP contribution in [0.3, 0.4) is 0 Å². The van der Waals surface area contributed by atoms with E-state index in [9.17, 15) is 19.2 Å². The molecule has 0 heterocycles. The lowest BCUT2D eigenvalue weighted by Gasteiger charge is -2.02. The van der Waals surface area contributed by atoms with E-state index in [1.165, 1.54) is 116 Å². The summed E-state index contributed by atoms with van der Waals surface area (Å²) in [6, 6.07) is 0. The monoisotopic (exact) mass is 550 g/mol. The zero-order valence-corrected chi connectivity index (χ0v) is 24.5. The van der Waals surface area contributed by atoms with Crippen LogP contribution in [0.25, 0.3) is 0 Å². The first kappa shape index (κ1) is 40.5. The number of hydrogen-bond acceptors (Lipinski definition) is 5. The molecule has 0 rings (SSSR count). The van der Waals surface area contributed by atoms with Gasteiger partial charge in [-0.15, -0.1) is 13.2 Å². The molecule has 7 nitrogen and oxygen atoms in total. The fourth-order valence-corrected chi connectivity index (χ4v) is 3.28. The quantitative estimate of drug-likeness (QED) is 0.0455. The highest BCUT2D eigenvalue weighted by atomic mass is 16.6. The topological polar surface area (TPSA) is 118 Å². The Morgan fingerprint density at radius 3 is 1.10 bits per heavy atom. The highest BCUT2D eigenvalue weighted by Gasteiger charge is 2.04. The van der Waals surface area contributed by atoms with Crippen LogP contribution in [0.2, 0.25) is 0 Å². The summed E-state index contributed by atoms with van der Waals surface area (Å²) in [5.41, 5.74) is 0. The summed E-state index contributed by atoms with van der Waals surface area (Å²) < 4.78 is 3.97. The van der Waals surface area contributed by atoms with Crippen molar-refractivity contribution in [1.29, 1.82) is 0 Å². The summed E-state index contributed by atoms with van der Waals surface area (Å²) in [5, 5.41) is 16.2. The van der Waals surface area contributed by atoms with Crippen LogP contribution in [0.4, 0.5) is 0 Å². The van der Waals surface area contributed by atoms with Gasteiger partial charge in [-0.1, -0.05) is 122 Å². The molecule has 0 aliphatic rings. The summed E-state index contributed by atoms with van der Waals surface area (Å²) in [4.78, 5) is 41.1. The maximum absolute atomic E-state index is 10.6. The van der Waals surface area contributed by atoms with Gasteiger partial charge >= 0.3 is 23.9 Å². The molecule has 0 bridgehead atoms. The first-order valence-electron chi connectivity index (χ1n) is 14.5. The Hall–Kier alpha value is -2.96. The van der Waals surface area contributed by atoms with Gasteiger partial charge in [0.1, 0.15) is 0 Å². The number of carboxylic acids is 2. The molecule has 0 aromatic carbocycles. The maximum Gasteiger partial charge on any atom is 0.338 e. The molecule has 0 amide bonds. The Labute approximate surface area is 237 Å². The third-order valence-electron chi connectivity index (χ3n) is 5.45. The summed E-state index contributed by atoms with van der Waals surface area (Å²) >= 11 is 0. The first-order chi connectivity index (χ1) is 18.7. The van der Waals surface area contributed by atoms with E-state index in [1.807, 2.05) is 12.2 Å². The molecular weight excluding hydrogens is 496 g/mol. The molecule has 2 N–H and O–H groups in total. The number of esters is 2. The molecule has 0 aliphatic heterocycles. The molecule has 224 valence electrons. The van der Waals surface area contributed by atoms with Crippen LogP contribution in [-0.4, -0.2) is 34.1 Å². The largest absolute Gasteiger partial charge is 0.478 e. The number of unbranched alkanes of at least 4 members (excludes halogenated alkanes) is 16. The van der Waals surface area contributed by atoms with E-state index in [-0.39, 0.29) is 0 Å². The number of carbonyl (C=O) groups excluding carboxylic acids is 2. The summed E-state index contributed by atoms with van der Waals surface area (Å²) in [6.07, 6.45) is 31.2. The van der Waals surface area contributed by atoms with Crippen molar-refractivity contribution in [2.75, 3.05) is 0 Å². The van der Waals surface area contributed by atoms with Crippen LogP contribution in [0, 0.1) is 0 Å². The maximum atomic E-state index is 10.6. The summed E-state index contributed by atoms with van der Waals surface area (Å²) in [7, 11) is 0. The van der Waals surface area contributed by atoms with Gasteiger partial charge in [-0.25, -0.2) is 19.2 Å². The van der Waals surface area contributed by atoms with Gasteiger partial charge in [-0.3, -0.25) is 0 Å². The predicted octanol–water partition coefficient (Wildman–Crippen LogP) is 8.74. The van der Waals surface area contributed by atoms with Gasteiger partial charge in [-0.05, 0) is 19.3 Å². The normalized spacial score (nSPS) is 10.2. The number of hydrogen-bond donors (Lipinski definition) is 2. The fraction of sp³-hybridized carbons (Fsp3) is 0.625. The Balaban J connectivity index is -0.000000556. The number of ether oxygens (including phenoxy) is 1. The van der Waals surface area contributed by atoms with E-state index in [4.69, 9.17) is 10.2 Å². The van der Waals surface area contributed by atoms with Crippen LogP contribution in [0.1, 0.15) is 129 Å². The summed E-state index contributed by atoms with van der Waals surface area (Å²) in [5.74, 6) is -5.14. The van der Waals surface area contributed by atoms with Crippen molar-refractivity contribution in [1.82, 2.24) is 0 Å². The molecule has 7 heteroatoms. The zero-order chi connectivity index (χ0) is 30.0. The van der Waals surface area contributed by atoms with Crippen molar-refractivity contribution in [2.24, 2.45) is 0 Å². The molecule has 0 unspecified atom stereocenters. The average Bonchev–Trinajstić information content (AvgIpc) is 2.90. The van der Waals surface area contributed by atoms with E-state index < -0.39 is 23.9 Å². The van der Waals surface area contributed by atoms with Gasteiger partial charge in [0.25, 0.3) is 0 Å². The van der Waals surface area contributed by atoms with Gasteiger partial charge in [0.2, 0.25) is 0 Å². The second kappa shape index (κ2) is 35.0. The van der Waals surface area contributed by atoms with E-state index in [0.717, 1.165) is 0 Å². The highest BCUT2D eigenvalue weighted by Crippen LogP contribution is 2.13. The van der Waals surface area contributed by atoms with E-state index >= 15 is 0 Å². The Morgan fingerprint density at radius 1 is 0.513 bits per heavy atom. The lowest BCUT2D eigenvalue weighted by molar-refractivity contribution is -0.153. The van der Waals surface area contributed by atoms with E-state index in [2.05, 4.69) is 31.7 Å². The molecule has 0 fully saturated rings. The minimum absolute atomic E-state index is 0.483. The van der Waals surface area contributed by atoms with Gasteiger partial charge in [-0.2, -0.15) is 0 Å². The van der Waals surface area contributed by atoms with Gasteiger partial charge in [0, 0.05) is 24.3 Å². The minimum atomic E-state index is -1.37. The molecule has 0 aliphatic carbocycles. The van der Waals surface area contributed by atoms with E-state index in [1.54, 1.807) is 0 Å². The van der Waals surface area contributed by atoms with Crippen molar-refractivity contribution in [3.8, 4) is 0 Å². The zero-order valence-electron chi connectivity index (χ0n) is 24.5. The van der Waals surface area contributed by atoms with Gasteiger partial charge < -0.3 is 14.9 Å². The summed E-state index contributed by atoms with van der Waals surface area (Å²) in [6.45, 7) is 11.8. The average molecular weight is 551 g/mol. The highest BCUT2D eigenvalue weighted by molar-refractivity contribution is 6.00. The SMILES string of the molecule is C=CCCCC.C=CCCCCCCCCCCCCCCCC.O=C(O)/C=C\C(=O)OC(=O)/C=C\C(=O)O. The van der Waals surface area contributed by atoms with Gasteiger partial charge in [0.15, 0.2) is 0 Å². The molecule has 0 saturated carbocycles. The van der Waals surface area contributed by atoms with Crippen molar-refractivity contribution < 1.29 is 34.1 Å². The second-order valence-corrected chi connectivity index (χ2v) is 9.19. The molecule has 0 radical (unpaired) electrons. The Bertz CT molecular complexity index is 659. The number of aliphatic carboxylic acids is 2. The molecule has 0 spiro atoms. The first-order valence-corrected chi connectivity index (χ1v) is 14.5. The van der Waals surface area contributed by atoms with Crippen molar-refractivity contribution >= 4 is 23.9 Å². The predicted molar refractivity (Wildman–Crippen MR) is 159 cm³/mol. The molecule has 0 saturated heterocycles. The lowest BCUT2D eigenvalue weighted by atomic mass is 10.0. The van der Waals surface area contributed by atoms with E-state index in [0.29, 0.717) is 24.3 Å². The van der Waals surface area contributed by atoms with Crippen LogP contribution >= 0.6 is 0 Å². The number of carboxylic acid groups (broad SMARTS) is 2. The van der Waals surface area contributed by atoms with Crippen molar-refractivity contribution in [3.63, 3.8) is 0 Å². The molecule has 0 aromatic rings. The Morgan fingerprint density at radius 2 is 0.821 bits per heavy atom. The molecule has 0 aromatic heterocycles. The number of rotatable bonds is 22. The van der Waals surface area contributed by atoms with Crippen LogP contribution in [0.15, 0.2) is 49.6 Å². The van der Waals surface area contributed by atoms with Crippen LogP contribution in [0.5, 0.6) is 0 Å². The fourth-order valence-electron chi connectivity index (χ4n) is 3.28. The third-order valence-corrected chi connectivity index (χ3v) is 5.45.